The molecular formula is C13H23N3O4. The SMILES string of the molecule is COCc1noc(CN2C[C@H](COC)OC(C)(C)C2)n1. The molecule has 114 valence electrons. The lowest BCUT2D eigenvalue weighted by atomic mass is 10.1. The van der Waals surface area contributed by atoms with Crippen molar-refractivity contribution in [1.29, 1.82) is 0 Å². The van der Waals surface area contributed by atoms with Crippen LogP contribution in [0.4, 0.5) is 0 Å². The molecule has 2 rings (SSSR count). The maximum Gasteiger partial charge on any atom is 0.240 e. The number of morpholine rings is 1. The molecule has 20 heavy (non-hydrogen) atoms. The third kappa shape index (κ3) is 4.24. The highest BCUT2D eigenvalue weighted by Crippen LogP contribution is 2.22. The molecule has 1 atom stereocenters. The van der Waals surface area contributed by atoms with E-state index < -0.39 is 0 Å². The van der Waals surface area contributed by atoms with Crippen LogP contribution >= 0.6 is 0 Å². The summed E-state index contributed by atoms with van der Waals surface area (Å²) in [4.78, 5) is 6.54. The number of ether oxygens (including phenoxy) is 3. The molecule has 0 amide bonds. The first-order valence-corrected chi connectivity index (χ1v) is 6.72. The molecule has 1 aromatic rings. The minimum atomic E-state index is -0.211. The molecule has 0 radical (unpaired) electrons. The Hall–Kier alpha value is -1.02. The Morgan fingerprint density at radius 1 is 1.35 bits per heavy atom. The second-order valence-corrected chi connectivity index (χ2v) is 5.66. The van der Waals surface area contributed by atoms with Gasteiger partial charge in [-0.2, -0.15) is 4.98 Å². The van der Waals surface area contributed by atoms with Gasteiger partial charge in [-0.05, 0) is 13.8 Å². The van der Waals surface area contributed by atoms with Crippen LogP contribution in [0.2, 0.25) is 0 Å². The Morgan fingerprint density at radius 2 is 2.15 bits per heavy atom. The fourth-order valence-corrected chi connectivity index (χ4v) is 2.54. The third-order valence-corrected chi connectivity index (χ3v) is 3.05. The predicted octanol–water partition coefficient (Wildman–Crippen LogP) is 0.842. The zero-order chi connectivity index (χ0) is 14.6. The van der Waals surface area contributed by atoms with Gasteiger partial charge in [0.15, 0.2) is 5.82 Å². The molecule has 2 heterocycles. The molecular weight excluding hydrogens is 262 g/mol. The molecule has 0 N–H and O–H groups in total. The summed E-state index contributed by atoms with van der Waals surface area (Å²) in [5.41, 5.74) is -0.211. The number of hydrogen-bond acceptors (Lipinski definition) is 7. The topological polar surface area (TPSA) is 69.9 Å². The van der Waals surface area contributed by atoms with Crippen LogP contribution in [0.3, 0.4) is 0 Å². The molecule has 7 nitrogen and oxygen atoms in total. The minimum absolute atomic E-state index is 0.0603. The van der Waals surface area contributed by atoms with E-state index in [1.165, 1.54) is 0 Å². The number of hydrogen-bond donors (Lipinski definition) is 0. The molecule has 0 unspecified atom stereocenters. The van der Waals surface area contributed by atoms with E-state index in [4.69, 9.17) is 18.7 Å². The van der Waals surface area contributed by atoms with E-state index in [9.17, 15) is 0 Å². The number of nitrogens with zero attached hydrogens (tertiary/aromatic N) is 3. The monoisotopic (exact) mass is 285 g/mol. The summed E-state index contributed by atoms with van der Waals surface area (Å²) in [6.07, 6.45) is 0.0603. The summed E-state index contributed by atoms with van der Waals surface area (Å²) in [6, 6.07) is 0. The number of methoxy groups -OCH3 is 2. The van der Waals surface area contributed by atoms with Gasteiger partial charge in [0.2, 0.25) is 5.89 Å². The Bertz CT molecular complexity index is 422. The average molecular weight is 285 g/mol. The standard InChI is InChI=1S/C13H23N3O4/c1-13(2)9-16(5-10(19-13)7-17-3)6-12-14-11(8-18-4)15-20-12/h10H,5-9H2,1-4H3/t10-/m1/s1. The molecule has 0 aliphatic carbocycles. The highest BCUT2D eigenvalue weighted by Gasteiger charge is 2.33. The van der Waals surface area contributed by atoms with Gasteiger partial charge >= 0.3 is 0 Å². The summed E-state index contributed by atoms with van der Waals surface area (Å²) in [6.45, 7) is 7.32. The van der Waals surface area contributed by atoms with Crippen molar-refractivity contribution in [2.45, 2.75) is 38.7 Å². The van der Waals surface area contributed by atoms with Crippen LogP contribution in [0, 0.1) is 0 Å². The van der Waals surface area contributed by atoms with Gasteiger partial charge < -0.3 is 18.7 Å². The van der Waals surface area contributed by atoms with Gasteiger partial charge in [0.25, 0.3) is 0 Å². The lowest BCUT2D eigenvalue weighted by Gasteiger charge is -2.42. The molecule has 1 aliphatic heterocycles. The van der Waals surface area contributed by atoms with Crippen LogP contribution in [-0.4, -0.2) is 60.7 Å². The Kier molecular flexibility index (Phi) is 5.09. The first kappa shape index (κ1) is 15.4. The average Bonchev–Trinajstić information content (AvgIpc) is 2.75. The van der Waals surface area contributed by atoms with Crippen LogP contribution in [0.15, 0.2) is 4.52 Å². The van der Waals surface area contributed by atoms with Gasteiger partial charge in [-0.25, -0.2) is 0 Å². The number of rotatable bonds is 6. The fourth-order valence-electron chi connectivity index (χ4n) is 2.54. The highest BCUT2D eigenvalue weighted by molar-refractivity contribution is 4.89. The molecule has 1 fully saturated rings. The molecule has 0 aromatic carbocycles. The van der Waals surface area contributed by atoms with E-state index in [0.717, 1.165) is 13.1 Å². The van der Waals surface area contributed by atoms with Crippen molar-refractivity contribution in [2.24, 2.45) is 0 Å². The smallest absolute Gasteiger partial charge is 0.240 e. The van der Waals surface area contributed by atoms with Gasteiger partial charge in [-0.1, -0.05) is 5.16 Å². The van der Waals surface area contributed by atoms with E-state index in [2.05, 4.69) is 28.9 Å². The summed E-state index contributed by atoms with van der Waals surface area (Å²) in [7, 11) is 3.29. The van der Waals surface area contributed by atoms with Crippen LogP contribution in [0.1, 0.15) is 25.6 Å². The van der Waals surface area contributed by atoms with Crippen molar-refractivity contribution in [3.63, 3.8) is 0 Å². The second kappa shape index (κ2) is 6.62. The maximum atomic E-state index is 5.97. The van der Waals surface area contributed by atoms with E-state index in [1.807, 2.05) is 0 Å². The fraction of sp³-hybridized carbons (Fsp3) is 0.846. The largest absolute Gasteiger partial charge is 0.382 e. The van der Waals surface area contributed by atoms with Gasteiger partial charge in [0, 0.05) is 27.3 Å². The molecule has 0 saturated carbocycles. The molecule has 1 aromatic heterocycles. The summed E-state index contributed by atoms with van der Waals surface area (Å²) in [5.74, 6) is 1.18. The normalized spacial score (nSPS) is 23.1. The van der Waals surface area contributed by atoms with Gasteiger partial charge in [0.1, 0.15) is 6.61 Å². The van der Waals surface area contributed by atoms with Crippen molar-refractivity contribution in [1.82, 2.24) is 15.0 Å². The molecule has 1 aliphatic rings. The van der Waals surface area contributed by atoms with Crippen molar-refractivity contribution in [3.8, 4) is 0 Å². The Morgan fingerprint density at radius 3 is 2.85 bits per heavy atom. The zero-order valence-electron chi connectivity index (χ0n) is 12.6. The molecule has 7 heteroatoms. The van der Waals surface area contributed by atoms with Gasteiger partial charge in [-0.3, -0.25) is 4.90 Å². The first-order chi connectivity index (χ1) is 9.52. The summed E-state index contributed by atoms with van der Waals surface area (Å²) in [5, 5.41) is 3.87. The third-order valence-electron chi connectivity index (χ3n) is 3.05. The molecule has 1 saturated heterocycles. The minimum Gasteiger partial charge on any atom is -0.382 e. The van der Waals surface area contributed by atoms with Crippen LogP contribution in [0.25, 0.3) is 0 Å². The van der Waals surface area contributed by atoms with Crippen molar-refractivity contribution < 1.29 is 18.7 Å². The van der Waals surface area contributed by atoms with Gasteiger partial charge in [-0.15, -0.1) is 0 Å². The summed E-state index contributed by atoms with van der Waals surface area (Å²) >= 11 is 0. The Labute approximate surface area is 119 Å². The van der Waals surface area contributed by atoms with Crippen LogP contribution in [0.5, 0.6) is 0 Å². The van der Waals surface area contributed by atoms with Crippen LogP contribution in [-0.2, 0) is 27.4 Å². The van der Waals surface area contributed by atoms with E-state index in [0.29, 0.717) is 31.5 Å². The van der Waals surface area contributed by atoms with E-state index in [-0.39, 0.29) is 11.7 Å². The highest BCUT2D eigenvalue weighted by atomic mass is 16.5. The van der Waals surface area contributed by atoms with Crippen molar-refractivity contribution >= 4 is 0 Å². The molecule has 0 spiro atoms. The van der Waals surface area contributed by atoms with E-state index >= 15 is 0 Å². The van der Waals surface area contributed by atoms with Crippen LogP contribution < -0.4 is 0 Å². The lowest BCUT2D eigenvalue weighted by Crippen LogP contribution is -2.53. The Balaban J connectivity index is 1.96. The maximum absolute atomic E-state index is 5.97. The van der Waals surface area contributed by atoms with Crippen molar-refractivity contribution in [3.05, 3.63) is 11.7 Å². The predicted molar refractivity (Wildman–Crippen MR) is 71.1 cm³/mol. The zero-order valence-corrected chi connectivity index (χ0v) is 12.6. The van der Waals surface area contributed by atoms with E-state index in [1.54, 1.807) is 14.2 Å². The van der Waals surface area contributed by atoms with Crippen molar-refractivity contribution in [2.75, 3.05) is 33.9 Å². The first-order valence-electron chi connectivity index (χ1n) is 6.72. The lowest BCUT2D eigenvalue weighted by molar-refractivity contribution is -0.155. The van der Waals surface area contributed by atoms with Gasteiger partial charge in [0.05, 0.1) is 24.9 Å². The number of aromatic nitrogens is 2. The summed E-state index contributed by atoms with van der Waals surface area (Å²) < 4.78 is 21.4. The quantitative estimate of drug-likeness (QED) is 0.767. The molecule has 0 bridgehead atoms. The second-order valence-electron chi connectivity index (χ2n) is 5.66.